The third kappa shape index (κ3) is 4.39. The van der Waals surface area contributed by atoms with Gasteiger partial charge in [0.25, 0.3) is 0 Å². The quantitative estimate of drug-likeness (QED) is 0.500. The lowest BCUT2D eigenvalue weighted by Gasteiger charge is -2.23. The normalized spacial score (nSPS) is 21.1. The molecule has 1 aliphatic carbocycles. The van der Waals surface area contributed by atoms with E-state index in [1.165, 1.54) is 19.3 Å². The van der Waals surface area contributed by atoms with Crippen LogP contribution < -0.4 is 11.1 Å². The lowest BCUT2D eigenvalue weighted by molar-refractivity contribution is 0.225. The molecule has 4 N–H and O–H groups in total. The Labute approximate surface area is 98.3 Å². The predicted octanol–water partition coefficient (Wildman–Crippen LogP) is 1.24. The molecule has 0 radical (unpaired) electrons. The molecule has 1 atom stereocenters. The van der Waals surface area contributed by atoms with Gasteiger partial charge in [-0.1, -0.05) is 33.1 Å². The highest BCUT2D eigenvalue weighted by Crippen LogP contribution is 2.19. The van der Waals surface area contributed by atoms with Gasteiger partial charge in [0.15, 0.2) is 5.96 Å². The zero-order valence-corrected chi connectivity index (χ0v) is 10.4. The van der Waals surface area contributed by atoms with Crippen molar-refractivity contribution in [1.29, 1.82) is 0 Å². The van der Waals surface area contributed by atoms with E-state index in [1.54, 1.807) is 0 Å². The fourth-order valence-electron chi connectivity index (χ4n) is 2.06. The topological polar surface area (TPSA) is 70.6 Å². The number of hydrogen-bond acceptors (Lipinski definition) is 2. The Bertz CT molecular complexity index is 222. The van der Waals surface area contributed by atoms with E-state index in [9.17, 15) is 5.11 Å². The highest BCUT2D eigenvalue weighted by atomic mass is 16.3. The second-order valence-electron chi connectivity index (χ2n) is 4.98. The highest BCUT2D eigenvalue weighted by Gasteiger charge is 2.15. The van der Waals surface area contributed by atoms with Crippen molar-refractivity contribution in [2.45, 2.75) is 58.0 Å². The van der Waals surface area contributed by atoms with E-state index in [-0.39, 0.29) is 12.6 Å². The van der Waals surface area contributed by atoms with E-state index < -0.39 is 0 Å². The molecule has 94 valence electrons. The molecule has 0 bridgehead atoms. The number of rotatable bonds is 4. The monoisotopic (exact) mass is 227 g/mol. The van der Waals surface area contributed by atoms with Gasteiger partial charge in [-0.15, -0.1) is 0 Å². The largest absolute Gasteiger partial charge is 0.394 e. The van der Waals surface area contributed by atoms with Crippen LogP contribution in [-0.4, -0.2) is 29.8 Å². The molecule has 4 heteroatoms. The summed E-state index contributed by atoms with van der Waals surface area (Å²) in [6.07, 6.45) is 6.14. The van der Waals surface area contributed by atoms with Gasteiger partial charge in [0.1, 0.15) is 0 Å². The minimum Gasteiger partial charge on any atom is -0.394 e. The first kappa shape index (κ1) is 13.3. The molecule has 1 saturated carbocycles. The van der Waals surface area contributed by atoms with Gasteiger partial charge in [-0.05, 0) is 18.8 Å². The smallest absolute Gasteiger partial charge is 0.189 e. The number of aliphatic hydroxyl groups excluding tert-OH is 1. The van der Waals surface area contributed by atoms with Crippen molar-refractivity contribution in [3.63, 3.8) is 0 Å². The number of nitrogens with one attached hydrogen (secondary N) is 1. The summed E-state index contributed by atoms with van der Waals surface area (Å²) in [5.41, 5.74) is 5.85. The van der Waals surface area contributed by atoms with Crippen molar-refractivity contribution in [2.75, 3.05) is 6.61 Å². The molecule has 0 aromatic carbocycles. The third-order valence-corrected chi connectivity index (χ3v) is 3.23. The van der Waals surface area contributed by atoms with Gasteiger partial charge in [-0.25, -0.2) is 0 Å². The summed E-state index contributed by atoms with van der Waals surface area (Å²) < 4.78 is 0. The zero-order valence-electron chi connectivity index (χ0n) is 10.4. The number of nitrogens with zero attached hydrogens (tertiary/aromatic N) is 1. The molecule has 0 aliphatic heterocycles. The number of guanidine groups is 1. The Morgan fingerprint density at radius 2 is 2.00 bits per heavy atom. The van der Waals surface area contributed by atoms with Gasteiger partial charge < -0.3 is 16.2 Å². The second kappa shape index (κ2) is 6.74. The first-order chi connectivity index (χ1) is 7.63. The second-order valence-corrected chi connectivity index (χ2v) is 4.98. The molecule has 0 amide bonds. The molecular formula is C12H25N3O. The summed E-state index contributed by atoms with van der Waals surface area (Å²) in [5.74, 6) is 0.838. The van der Waals surface area contributed by atoms with E-state index >= 15 is 0 Å². The predicted molar refractivity (Wildman–Crippen MR) is 67.3 cm³/mol. The molecule has 16 heavy (non-hydrogen) atoms. The summed E-state index contributed by atoms with van der Waals surface area (Å²) in [5, 5.41) is 12.3. The molecule has 0 spiro atoms. The Morgan fingerprint density at radius 3 is 2.50 bits per heavy atom. The maximum Gasteiger partial charge on any atom is 0.189 e. The van der Waals surface area contributed by atoms with Crippen molar-refractivity contribution in [1.82, 2.24) is 5.32 Å². The highest BCUT2D eigenvalue weighted by molar-refractivity contribution is 5.78. The summed E-state index contributed by atoms with van der Waals surface area (Å²) in [7, 11) is 0. The van der Waals surface area contributed by atoms with Gasteiger partial charge in [0, 0.05) is 0 Å². The van der Waals surface area contributed by atoms with Crippen LogP contribution >= 0.6 is 0 Å². The van der Waals surface area contributed by atoms with Crippen molar-refractivity contribution in [3.05, 3.63) is 0 Å². The number of hydrogen-bond donors (Lipinski definition) is 3. The van der Waals surface area contributed by atoms with Crippen LogP contribution in [0.15, 0.2) is 4.99 Å². The van der Waals surface area contributed by atoms with E-state index in [4.69, 9.17) is 5.73 Å². The molecule has 0 aromatic heterocycles. The number of aliphatic hydroxyl groups is 1. The fourth-order valence-corrected chi connectivity index (χ4v) is 2.06. The SMILES string of the molecule is CC(C)[C@@H](CO)NC(N)=NC1CCCCC1. The first-order valence-electron chi connectivity index (χ1n) is 6.34. The number of nitrogens with two attached hydrogens (primary N) is 1. The van der Waals surface area contributed by atoms with E-state index in [0.29, 0.717) is 17.9 Å². The fraction of sp³-hybridized carbons (Fsp3) is 0.917. The van der Waals surface area contributed by atoms with Crippen molar-refractivity contribution in [2.24, 2.45) is 16.6 Å². The van der Waals surface area contributed by atoms with Gasteiger partial charge in [-0.3, -0.25) is 4.99 Å². The molecule has 4 nitrogen and oxygen atoms in total. The zero-order chi connectivity index (χ0) is 12.0. The summed E-state index contributed by atoms with van der Waals surface area (Å²) in [6.45, 7) is 4.21. The Morgan fingerprint density at radius 1 is 1.38 bits per heavy atom. The first-order valence-corrected chi connectivity index (χ1v) is 6.34. The van der Waals surface area contributed by atoms with Crippen molar-refractivity contribution in [3.8, 4) is 0 Å². The maximum absolute atomic E-state index is 9.18. The summed E-state index contributed by atoms with van der Waals surface area (Å²) >= 11 is 0. The molecule has 0 unspecified atom stereocenters. The van der Waals surface area contributed by atoms with Crippen molar-refractivity contribution >= 4 is 5.96 Å². The third-order valence-electron chi connectivity index (χ3n) is 3.23. The van der Waals surface area contributed by atoms with E-state index in [2.05, 4.69) is 24.2 Å². The number of aliphatic imine (C=N–C) groups is 1. The molecule has 1 rings (SSSR count). The lowest BCUT2D eigenvalue weighted by atomic mass is 9.96. The maximum atomic E-state index is 9.18. The minimum absolute atomic E-state index is 0.00680. The molecule has 0 heterocycles. The molecule has 1 aliphatic rings. The van der Waals surface area contributed by atoms with Crippen molar-refractivity contribution < 1.29 is 5.11 Å². The van der Waals surface area contributed by atoms with Gasteiger partial charge >= 0.3 is 0 Å². The van der Waals surface area contributed by atoms with Crippen LogP contribution in [0.4, 0.5) is 0 Å². The van der Waals surface area contributed by atoms with E-state index in [0.717, 1.165) is 12.8 Å². The average Bonchev–Trinajstić information content (AvgIpc) is 2.27. The van der Waals surface area contributed by atoms with Crippen LogP contribution in [0.5, 0.6) is 0 Å². The van der Waals surface area contributed by atoms with Gasteiger partial charge in [-0.2, -0.15) is 0 Å². The Balaban J connectivity index is 2.42. The van der Waals surface area contributed by atoms with Crippen LogP contribution in [0.25, 0.3) is 0 Å². The minimum atomic E-state index is 0.00680. The Kier molecular flexibility index (Phi) is 5.60. The van der Waals surface area contributed by atoms with Crippen LogP contribution in [0.3, 0.4) is 0 Å². The van der Waals surface area contributed by atoms with Gasteiger partial charge in [0.05, 0.1) is 18.7 Å². The molecule has 1 fully saturated rings. The van der Waals surface area contributed by atoms with Crippen LogP contribution in [0.2, 0.25) is 0 Å². The molecule has 0 aromatic rings. The lowest BCUT2D eigenvalue weighted by Crippen LogP contribution is -2.45. The molecule has 0 saturated heterocycles. The van der Waals surface area contributed by atoms with Crippen LogP contribution in [0, 0.1) is 5.92 Å². The molecular weight excluding hydrogens is 202 g/mol. The van der Waals surface area contributed by atoms with Crippen LogP contribution in [0.1, 0.15) is 46.0 Å². The summed E-state index contributed by atoms with van der Waals surface area (Å²) in [4.78, 5) is 4.48. The Hall–Kier alpha value is -0.770. The standard InChI is InChI=1S/C12H25N3O/c1-9(2)11(8-16)15-12(13)14-10-6-4-3-5-7-10/h9-11,16H,3-8H2,1-2H3,(H3,13,14,15)/t11-/m1/s1. The van der Waals surface area contributed by atoms with E-state index in [1.807, 2.05) is 0 Å². The van der Waals surface area contributed by atoms with Crippen LogP contribution in [-0.2, 0) is 0 Å². The average molecular weight is 227 g/mol. The summed E-state index contributed by atoms with van der Waals surface area (Å²) in [6, 6.07) is 0.389. The van der Waals surface area contributed by atoms with Gasteiger partial charge in [0.2, 0.25) is 0 Å².